The Morgan fingerprint density at radius 2 is 2.06 bits per heavy atom. The first kappa shape index (κ1) is 22.5. The number of aryl methyl sites for hydroxylation is 1. The molecular formula is C26H32N6O2. The number of rotatable bonds is 8. The molecule has 3 aromatic heterocycles. The van der Waals surface area contributed by atoms with Crippen molar-refractivity contribution >= 4 is 10.9 Å². The molecule has 1 N–H and O–H groups in total. The molecule has 4 aromatic rings. The van der Waals surface area contributed by atoms with Crippen LogP contribution in [0, 0.1) is 6.92 Å². The molecule has 0 saturated heterocycles. The molecule has 0 aliphatic heterocycles. The van der Waals surface area contributed by atoms with Crippen molar-refractivity contribution in [1.29, 1.82) is 0 Å². The van der Waals surface area contributed by atoms with E-state index in [-0.39, 0.29) is 11.6 Å². The average molecular weight is 461 g/mol. The number of aromatic nitrogens is 5. The minimum absolute atomic E-state index is 0.000619. The van der Waals surface area contributed by atoms with Crippen LogP contribution in [0.3, 0.4) is 0 Å². The van der Waals surface area contributed by atoms with E-state index in [1.165, 1.54) is 24.8 Å². The fourth-order valence-corrected chi connectivity index (χ4v) is 5.27. The van der Waals surface area contributed by atoms with E-state index in [1.807, 2.05) is 28.9 Å². The van der Waals surface area contributed by atoms with Gasteiger partial charge in [-0.3, -0.25) is 9.69 Å². The Balaban J connectivity index is 1.51. The van der Waals surface area contributed by atoms with Crippen LogP contribution in [0.25, 0.3) is 10.9 Å². The van der Waals surface area contributed by atoms with Crippen LogP contribution in [0.2, 0.25) is 0 Å². The van der Waals surface area contributed by atoms with Gasteiger partial charge in [0.25, 0.3) is 5.56 Å². The number of nitrogens with zero attached hydrogens (tertiary/aromatic N) is 5. The number of hydrogen-bond donors (Lipinski definition) is 1. The molecule has 0 amide bonds. The van der Waals surface area contributed by atoms with E-state index in [2.05, 4.69) is 51.4 Å². The molecule has 34 heavy (non-hydrogen) atoms. The van der Waals surface area contributed by atoms with Crippen molar-refractivity contribution in [3.63, 3.8) is 0 Å². The molecule has 1 atom stereocenters. The van der Waals surface area contributed by atoms with Crippen LogP contribution in [0.4, 0.5) is 0 Å². The quantitative estimate of drug-likeness (QED) is 0.408. The highest BCUT2D eigenvalue weighted by Crippen LogP contribution is 2.33. The highest BCUT2D eigenvalue weighted by molar-refractivity contribution is 5.79. The van der Waals surface area contributed by atoms with Crippen LogP contribution >= 0.6 is 0 Å². The minimum Gasteiger partial charge on any atom is -0.467 e. The zero-order chi connectivity index (χ0) is 23.5. The first-order valence-corrected chi connectivity index (χ1v) is 12.3. The number of aromatic amines is 1. The Labute approximate surface area is 199 Å². The van der Waals surface area contributed by atoms with Crippen LogP contribution in [0.5, 0.6) is 0 Å². The molecule has 1 unspecified atom stereocenters. The molecule has 0 spiro atoms. The van der Waals surface area contributed by atoms with Gasteiger partial charge in [0.05, 0.1) is 12.3 Å². The molecule has 0 radical (unpaired) electrons. The summed E-state index contributed by atoms with van der Waals surface area (Å²) in [6, 6.07) is 12.4. The maximum absolute atomic E-state index is 13.1. The summed E-state index contributed by atoms with van der Waals surface area (Å²) < 4.78 is 7.37. The summed E-state index contributed by atoms with van der Waals surface area (Å²) in [5.41, 5.74) is 2.81. The second-order valence-electron chi connectivity index (χ2n) is 9.38. The number of tetrazole rings is 1. The molecule has 8 heteroatoms. The summed E-state index contributed by atoms with van der Waals surface area (Å²) in [7, 11) is 0. The number of furan rings is 1. The van der Waals surface area contributed by atoms with E-state index < -0.39 is 0 Å². The summed E-state index contributed by atoms with van der Waals surface area (Å²) in [5, 5.41) is 13.8. The van der Waals surface area contributed by atoms with Crippen LogP contribution in [-0.2, 0) is 13.1 Å². The smallest absolute Gasteiger partial charge is 0.252 e. The highest BCUT2D eigenvalue weighted by atomic mass is 16.3. The van der Waals surface area contributed by atoms with E-state index in [9.17, 15) is 4.79 Å². The van der Waals surface area contributed by atoms with Crippen LogP contribution < -0.4 is 5.56 Å². The molecule has 1 aromatic carbocycles. The number of fused-ring (bicyclic) bond motifs is 1. The third kappa shape index (κ3) is 4.68. The molecule has 5 rings (SSSR count). The van der Waals surface area contributed by atoms with Crippen molar-refractivity contribution in [3.8, 4) is 0 Å². The van der Waals surface area contributed by atoms with Gasteiger partial charge in [-0.1, -0.05) is 37.8 Å². The molecule has 1 aliphatic carbocycles. The monoisotopic (exact) mass is 460 g/mol. The normalized spacial score (nSPS) is 15.9. The Morgan fingerprint density at radius 1 is 1.21 bits per heavy atom. The van der Waals surface area contributed by atoms with E-state index in [0.29, 0.717) is 19.1 Å². The van der Waals surface area contributed by atoms with E-state index in [1.54, 1.807) is 6.26 Å². The first-order chi connectivity index (χ1) is 16.6. The number of hydrogen-bond acceptors (Lipinski definition) is 6. The lowest BCUT2D eigenvalue weighted by Crippen LogP contribution is -2.41. The Morgan fingerprint density at radius 3 is 2.82 bits per heavy atom. The summed E-state index contributed by atoms with van der Waals surface area (Å²) in [6.45, 7) is 5.29. The van der Waals surface area contributed by atoms with Crippen molar-refractivity contribution in [2.45, 2.75) is 77.5 Å². The van der Waals surface area contributed by atoms with Gasteiger partial charge in [0.1, 0.15) is 12.3 Å². The van der Waals surface area contributed by atoms with Gasteiger partial charge < -0.3 is 9.40 Å². The average Bonchev–Trinajstić information content (AvgIpc) is 3.53. The SMILES string of the molecule is CCC(c1nnnn1Cc1ccco1)N(Cc1cc2cc(C)ccc2[nH]c1=O)C1CCCCC1. The van der Waals surface area contributed by atoms with Gasteiger partial charge in [-0.05, 0) is 72.3 Å². The van der Waals surface area contributed by atoms with Gasteiger partial charge in [-0.15, -0.1) is 5.10 Å². The molecule has 0 bridgehead atoms. The largest absolute Gasteiger partial charge is 0.467 e. The third-order valence-electron chi connectivity index (χ3n) is 7.00. The summed E-state index contributed by atoms with van der Waals surface area (Å²) in [6.07, 6.45) is 8.46. The van der Waals surface area contributed by atoms with Crippen LogP contribution in [-0.4, -0.2) is 36.1 Å². The molecule has 178 valence electrons. The number of nitrogens with one attached hydrogen (secondary N) is 1. The lowest BCUT2D eigenvalue weighted by molar-refractivity contribution is 0.0842. The lowest BCUT2D eigenvalue weighted by Gasteiger charge is -2.39. The topological polar surface area (TPSA) is 92.8 Å². The zero-order valence-corrected chi connectivity index (χ0v) is 19.9. The minimum atomic E-state index is -0.0257. The van der Waals surface area contributed by atoms with Crippen molar-refractivity contribution in [3.05, 3.63) is 75.7 Å². The van der Waals surface area contributed by atoms with E-state index in [0.717, 1.165) is 47.3 Å². The zero-order valence-electron chi connectivity index (χ0n) is 19.9. The number of pyridine rings is 1. The van der Waals surface area contributed by atoms with Gasteiger partial charge >= 0.3 is 0 Å². The maximum Gasteiger partial charge on any atom is 0.252 e. The molecule has 1 aliphatic rings. The van der Waals surface area contributed by atoms with Gasteiger partial charge in [0.2, 0.25) is 0 Å². The van der Waals surface area contributed by atoms with E-state index >= 15 is 0 Å². The molecule has 3 heterocycles. The molecule has 1 fully saturated rings. The standard InChI is InChI=1S/C26H32N6O2/c1-3-24(25-28-29-30-32(25)17-22-10-7-13-34-22)31(21-8-5-4-6-9-21)16-20-15-19-14-18(2)11-12-23(19)27-26(20)33/h7,10-15,21,24H,3-6,8-9,16-17H2,1-2H3,(H,27,33). The molecule has 8 nitrogen and oxygen atoms in total. The maximum atomic E-state index is 13.1. The van der Waals surface area contributed by atoms with E-state index in [4.69, 9.17) is 4.42 Å². The number of H-pyrrole nitrogens is 1. The second-order valence-corrected chi connectivity index (χ2v) is 9.38. The van der Waals surface area contributed by atoms with Crippen molar-refractivity contribution in [1.82, 2.24) is 30.1 Å². The van der Waals surface area contributed by atoms with Gasteiger partial charge in [-0.25, -0.2) is 4.68 Å². The summed E-state index contributed by atoms with van der Waals surface area (Å²) in [4.78, 5) is 18.6. The van der Waals surface area contributed by atoms with Gasteiger partial charge in [0, 0.05) is 23.7 Å². The summed E-state index contributed by atoms with van der Waals surface area (Å²) >= 11 is 0. The van der Waals surface area contributed by atoms with Crippen LogP contribution in [0.1, 0.15) is 74.2 Å². The van der Waals surface area contributed by atoms with Gasteiger partial charge in [-0.2, -0.15) is 0 Å². The summed E-state index contributed by atoms with van der Waals surface area (Å²) in [5.74, 6) is 1.63. The Hall–Kier alpha value is -3.26. The predicted octanol–water partition coefficient (Wildman–Crippen LogP) is 4.75. The fraction of sp³-hybridized carbons (Fsp3) is 0.462. The predicted molar refractivity (Wildman–Crippen MR) is 130 cm³/mol. The number of benzene rings is 1. The molecule has 1 saturated carbocycles. The van der Waals surface area contributed by atoms with Gasteiger partial charge in [0.15, 0.2) is 5.82 Å². The first-order valence-electron chi connectivity index (χ1n) is 12.3. The lowest BCUT2D eigenvalue weighted by atomic mass is 9.92. The highest BCUT2D eigenvalue weighted by Gasteiger charge is 2.32. The third-order valence-corrected chi connectivity index (χ3v) is 7.00. The Bertz CT molecular complexity index is 1290. The second kappa shape index (κ2) is 9.93. The van der Waals surface area contributed by atoms with Crippen LogP contribution in [0.15, 0.2) is 51.9 Å². The van der Waals surface area contributed by atoms with Crippen molar-refractivity contribution in [2.24, 2.45) is 0 Å². The van der Waals surface area contributed by atoms with Crippen molar-refractivity contribution in [2.75, 3.05) is 0 Å². The fourth-order valence-electron chi connectivity index (χ4n) is 5.27. The Kier molecular flexibility index (Phi) is 6.58. The van der Waals surface area contributed by atoms with Crippen molar-refractivity contribution < 1.29 is 4.42 Å². The molecular weight excluding hydrogens is 428 g/mol.